The van der Waals surface area contributed by atoms with Crippen molar-refractivity contribution in [1.82, 2.24) is 9.80 Å². The summed E-state index contributed by atoms with van der Waals surface area (Å²) in [5.41, 5.74) is 2.22. The van der Waals surface area contributed by atoms with E-state index in [2.05, 4.69) is 21.2 Å². The predicted molar refractivity (Wildman–Crippen MR) is 112 cm³/mol. The molecule has 150 valence electrons. The highest BCUT2D eigenvalue weighted by molar-refractivity contribution is 9.10. The van der Waals surface area contributed by atoms with Gasteiger partial charge < -0.3 is 10.2 Å². The molecular weight excluding hydrogens is 438 g/mol. The maximum atomic E-state index is 12.5. The lowest BCUT2D eigenvalue weighted by Crippen LogP contribution is -2.38. The van der Waals surface area contributed by atoms with Crippen molar-refractivity contribution >= 4 is 45.2 Å². The molecule has 1 aliphatic heterocycles. The van der Waals surface area contributed by atoms with Gasteiger partial charge in [-0.05, 0) is 47.1 Å². The van der Waals surface area contributed by atoms with Gasteiger partial charge in [-0.1, -0.05) is 23.8 Å². The number of hydrogen-bond donors (Lipinski definition) is 1. The SMILES string of the molecule is Cc1ccc2c(c1)C(=O)N(CCC(=O)N(C)CC(=O)Nc1ccccc1Br)C2=O. The Hall–Kier alpha value is -3.00. The molecule has 0 saturated carbocycles. The molecule has 3 rings (SSSR count). The molecule has 0 bridgehead atoms. The average molecular weight is 458 g/mol. The van der Waals surface area contributed by atoms with Gasteiger partial charge in [0.2, 0.25) is 11.8 Å². The number of carbonyl (C=O) groups excluding carboxylic acids is 4. The molecule has 1 heterocycles. The number of benzene rings is 2. The number of anilines is 1. The Bertz CT molecular complexity index is 1010. The maximum Gasteiger partial charge on any atom is 0.261 e. The van der Waals surface area contributed by atoms with E-state index in [0.29, 0.717) is 16.8 Å². The van der Waals surface area contributed by atoms with Crippen molar-refractivity contribution in [1.29, 1.82) is 0 Å². The van der Waals surface area contributed by atoms with E-state index in [1.165, 1.54) is 11.9 Å². The Morgan fingerprint density at radius 2 is 1.76 bits per heavy atom. The van der Waals surface area contributed by atoms with Crippen LogP contribution in [0.25, 0.3) is 0 Å². The number of para-hydroxylation sites is 1. The normalized spacial score (nSPS) is 12.7. The van der Waals surface area contributed by atoms with Crippen molar-refractivity contribution in [2.75, 3.05) is 25.5 Å². The van der Waals surface area contributed by atoms with Gasteiger partial charge in [-0.2, -0.15) is 0 Å². The summed E-state index contributed by atoms with van der Waals surface area (Å²) in [6, 6.07) is 12.2. The number of amides is 4. The molecule has 0 saturated heterocycles. The van der Waals surface area contributed by atoms with Crippen LogP contribution in [0.2, 0.25) is 0 Å². The van der Waals surface area contributed by atoms with Crippen molar-refractivity contribution in [3.8, 4) is 0 Å². The number of aryl methyl sites for hydroxylation is 1. The fourth-order valence-corrected chi connectivity index (χ4v) is 3.45. The third-order valence-corrected chi connectivity index (χ3v) is 5.32. The van der Waals surface area contributed by atoms with Gasteiger partial charge in [0.15, 0.2) is 0 Å². The fourth-order valence-electron chi connectivity index (χ4n) is 3.06. The molecule has 1 aliphatic rings. The topological polar surface area (TPSA) is 86.8 Å². The van der Waals surface area contributed by atoms with Gasteiger partial charge in [-0.15, -0.1) is 0 Å². The molecule has 29 heavy (non-hydrogen) atoms. The molecule has 0 spiro atoms. The van der Waals surface area contributed by atoms with Crippen molar-refractivity contribution in [2.24, 2.45) is 0 Å². The summed E-state index contributed by atoms with van der Waals surface area (Å²) in [5.74, 6) is -1.47. The number of likely N-dealkylation sites (N-methyl/N-ethyl adjacent to an activating group) is 1. The number of hydrogen-bond acceptors (Lipinski definition) is 4. The summed E-state index contributed by atoms with van der Waals surface area (Å²) in [6.45, 7) is 1.68. The summed E-state index contributed by atoms with van der Waals surface area (Å²) in [4.78, 5) is 51.8. The zero-order valence-corrected chi connectivity index (χ0v) is 17.7. The van der Waals surface area contributed by atoms with Crippen LogP contribution in [0.15, 0.2) is 46.9 Å². The number of fused-ring (bicyclic) bond motifs is 1. The third kappa shape index (κ3) is 4.54. The lowest BCUT2D eigenvalue weighted by molar-refractivity contribution is -0.133. The maximum absolute atomic E-state index is 12.5. The van der Waals surface area contributed by atoms with Crippen LogP contribution in [0.4, 0.5) is 5.69 Å². The molecule has 0 aliphatic carbocycles. The third-order valence-electron chi connectivity index (χ3n) is 4.63. The van der Waals surface area contributed by atoms with E-state index in [-0.39, 0.29) is 31.3 Å². The number of rotatable bonds is 6. The lowest BCUT2D eigenvalue weighted by atomic mass is 10.1. The first kappa shape index (κ1) is 20.7. The molecule has 8 heteroatoms. The van der Waals surface area contributed by atoms with Crippen LogP contribution in [0.5, 0.6) is 0 Å². The second-order valence-corrected chi connectivity index (χ2v) is 7.69. The van der Waals surface area contributed by atoms with E-state index in [9.17, 15) is 19.2 Å². The number of carbonyl (C=O) groups is 4. The monoisotopic (exact) mass is 457 g/mol. The molecule has 7 nitrogen and oxygen atoms in total. The minimum Gasteiger partial charge on any atom is -0.336 e. The number of halogens is 1. The van der Waals surface area contributed by atoms with Gasteiger partial charge in [-0.3, -0.25) is 24.1 Å². The van der Waals surface area contributed by atoms with Crippen LogP contribution in [0, 0.1) is 6.92 Å². The van der Waals surface area contributed by atoms with Gasteiger partial charge in [0.05, 0.1) is 23.4 Å². The summed E-state index contributed by atoms with van der Waals surface area (Å²) < 4.78 is 0.739. The highest BCUT2D eigenvalue weighted by atomic mass is 79.9. The Morgan fingerprint density at radius 1 is 1.07 bits per heavy atom. The summed E-state index contributed by atoms with van der Waals surface area (Å²) in [7, 11) is 1.51. The van der Waals surface area contributed by atoms with Crippen LogP contribution < -0.4 is 5.32 Å². The van der Waals surface area contributed by atoms with E-state index in [0.717, 1.165) is 14.9 Å². The Kier molecular flexibility index (Phi) is 6.12. The molecule has 1 N–H and O–H groups in total. The van der Waals surface area contributed by atoms with Gasteiger partial charge in [0, 0.05) is 24.5 Å². The van der Waals surface area contributed by atoms with Crippen LogP contribution in [0.3, 0.4) is 0 Å². The first-order valence-electron chi connectivity index (χ1n) is 9.03. The van der Waals surface area contributed by atoms with Crippen molar-refractivity contribution in [3.63, 3.8) is 0 Å². The van der Waals surface area contributed by atoms with Gasteiger partial charge in [0.1, 0.15) is 0 Å². The number of nitrogens with one attached hydrogen (secondary N) is 1. The van der Waals surface area contributed by atoms with E-state index < -0.39 is 11.8 Å². The van der Waals surface area contributed by atoms with Crippen molar-refractivity contribution < 1.29 is 19.2 Å². The van der Waals surface area contributed by atoms with Crippen LogP contribution in [0.1, 0.15) is 32.7 Å². The molecule has 0 atom stereocenters. The van der Waals surface area contributed by atoms with E-state index >= 15 is 0 Å². The van der Waals surface area contributed by atoms with Gasteiger partial charge >= 0.3 is 0 Å². The van der Waals surface area contributed by atoms with Gasteiger partial charge in [0.25, 0.3) is 11.8 Å². The Morgan fingerprint density at radius 3 is 2.48 bits per heavy atom. The first-order chi connectivity index (χ1) is 13.8. The van der Waals surface area contributed by atoms with Crippen molar-refractivity contribution in [3.05, 3.63) is 63.6 Å². The van der Waals surface area contributed by atoms with Crippen LogP contribution in [-0.2, 0) is 9.59 Å². The number of nitrogens with zero attached hydrogens (tertiary/aromatic N) is 2. The van der Waals surface area contributed by atoms with Crippen LogP contribution >= 0.6 is 15.9 Å². The fraction of sp³-hybridized carbons (Fsp3) is 0.238. The lowest BCUT2D eigenvalue weighted by Gasteiger charge is -2.19. The molecule has 2 aromatic carbocycles. The minimum atomic E-state index is -0.396. The predicted octanol–water partition coefficient (Wildman–Crippen LogP) is 2.84. The Balaban J connectivity index is 1.54. The molecular formula is C21H20BrN3O4. The highest BCUT2D eigenvalue weighted by Gasteiger charge is 2.35. The van der Waals surface area contributed by atoms with E-state index in [1.54, 1.807) is 36.4 Å². The molecule has 0 radical (unpaired) electrons. The highest BCUT2D eigenvalue weighted by Crippen LogP contribution is 2.24. The zero-order valence-electron chi connectivity index (χ0n) is 16.1. The molecule has 0 unspecified atom stereocenters. The second kappa shape index (κ2) is 8.57. The van der Waals surface area contributed by atoms with E-state index in [1.807, 2.05) is 13.0 Å². The summed E-state index contributed by atoms with van der Waals surface area (Å²) in [5, 5.41) is 2.73. The van der Waals surface area contributed by atoms with Crippen LogP contribution in [-0.4, -0.2) is 53.6 Å². The quantitative estimate of drug-likeness (QED) is 0.675. The Labute approximate surface area is 176 Å². The minimum absolute atomic E-state index is 0.0274. The average Bonchev–Trinajstić information content (AvgIpc) is 2.91. The number of imide groups is 1. The standard InChI is InChI=1S/C21H20BrN3O4/c1-13-7-8-14-15(11-13)21(29)25(20(14)28)10-9-19(27)24(2)12-18(26)23-17-6-4-3-5-16(17)22/h3-8,11H,9-10,12H2,1-2H3,(H,23,26). The second-order valence-electron chi connectivity index (χ2n) is 6.84. The molecule has 2 aromatic rings. The molecule has 0 aromatic heterocycles. The summed E-state index contributed by atoms with van der Waals surface area (Å²) >= 11 is 3.35. The van der Waals surface area contributed by atoms with Crippen molar-refractivity contribution in [2.45, 2.75) is 13.3 Å². The zero-order chi connectivity index (χ0) is 21.1. The molecule has 4 amide bonds. The molecule has 0 fully saturated rings. The smallest absolute Gasteiger partial charge is 0.261 e. The largest absolute Gasteiger partial charge is 0.336 e. The first-order valence-corrected chi connectivity index (χ1v) is 9.82. The summed E-state index contributed by atoms with van der Waals surface area (Å²) in [6.07, 6.45) is -0.0523. The van der Waals surface area contributed by atoms with Gasteiger partial charge in [-0.25, -0.2) is 0 Å². The van der Waals surface area contributed by atoms with E-state index in [4.69, 9.17) is 0 Å².